The number of imide groups is 1. The number of unbranched alkanes of at least 4 members (excludes halogenated alkanes) is 2. The summed E-state index contributed by atoms with van der Waals surface area (Å²) in [7, 11) is 0. The monoisotopic (exact) mass is 1090 g/mol. The summed E-state index contributed by atoms with van der Waals surface area (Å²) in [5.74, 6) is -4.11. The van der Waals surface area contributed by atoms with Gasteiger partial charge in [-0.2, -0.15) is 0 Å². The molecule has 1 heterocycles. The number of primary amides is 1. The standard InChI is InChI=1S/C51H80N8O18/c52-50(67)40-10-12-41(13-11-40)77-38-57-45(62)35-56-51(68)42(33-39-7-3-1-4-8-39)58-46(63)36-54-44(61)34-55-47(64)37-76-32-31-75-30-29-74-28-27-73-26-25-72-24-23-71-22-21-70-20-19-69-18-16-53-43(60)9-5-2-6-17-59-48(65)14-15-49(59)66/h1,3-4,7-8,14-15,40-42H,2,5-6,9-13,16-38H2,(H2,52,67)(H,53,60)(H,54,61)(H,55,64)(H,56,68)(H,57,62)(H,58,63)/t40?,41?,42-/m0/s1. The minimum atomic E-state index is -1.07. The number of rotatable bonds is 46. The number of amides is 9. The Kier molecular flexibility index (Phi) is 35.7. The third kappa shape index (κ3) is 33.0. The molecule has 26 heteroatoms. The Morgan fingerprint density at radius 2 is 1.03 bits per heavy atom. The third-order valence-electron chi connectivity index (χ3n) is 11.5. The average Bonchev–Trinajstić information content (AvgIpc) is 3.74. The molecule has 9 amide bonds. The van der Waals surface area contributed by atoms with Gasteiger partial charge in [-0.1, -0.05) is 36.8 Å². The minimum Gasteiger partial charge on any atom is -0.377 e. The molecule has 26 nitrogen and oxygen atoms in total. The molecule has 1 saturated carbocycles. The van der Waals surface area contributed by atoms with Gasteiger partial charge >= 0.3 is 0 Å². The second kappa shape index (κ2) is 42.1. The highest BCUT2D eigenvalue weighted by Gasteiger charge is 2.26. The van der Waals surface area contributed by atoms with Crippen LogP contribution >= 0.6 is 0 Å². The fourth-order valence-corrected chi connectivity index (χ4v) is 7.32. The molecule has 0 aromatic heterocycles. The number of benzene rings is 1. The highest BCUT2D eigenvalue weighted by Crippen LogP contribution is 2.25. The normalized spacial score (nSPS) is 15.5. The van der Waals surface area contributed by atoms with Gasteiger partial charge in [0.15, 0.2) is 0 Å². The van der Waals surface area contributed by atoms with Crippen LogP contribution in [0.1, 0.15) is 56.9 Å². The zero-order chi connectivity index (χ0) is 55.6. The molecular formula is C51H80N8O18. The molecule has 1 aliphatic heterocycles. The van der Waals surface area contributed by atoms with E-state index in [1.165, 1.54) is 17.1 Å². The van der Waals surface area contributed by atoms with Crippen molar-refractivity contribution in [2.45, 2.75) is 69.9 Å². The lowest BCUT2D eigenvalue weighted by atomic mass is 9.87. The average molecular weight is 1090 g/mol. The molecule has 3 rings (SSSR count). The van der Waals surface area contributed by atoms with E-state index in [0.29, 0.717) is 144 Å². The first-order chi connectivity index (χ1) is 37.4. The van der Waals surface area contributed by atoms with Crippen molar-refractivity contribution in [1.29, 1.82) is 0 Å². The largest absolute Gasteiger partial charge is 0.377 e. The van der Waals surface area contributed by atoms with Crippen LogP contribution in [-0.2, 0) is 92.2 Å². The molecule has 77 heavy (non-hydrogen) atoms. The van der Waals surface area contributed by atoms with Gasteiger partial charge in [0, 0.05) is 44.0 Å². The number of ether oxygens (including phenoxy) is 9. The van der Waals surface area contributed by atoms with Crippen molar-refractivity contribution in [3.63, 3.8) is 0 Å². The summed E-state index contributed by atoms with van der Waals surface area (Å²) in [5, 5.41) is 15.3. The van der Waals surface area contributed by atoms with Gasteiger partial charge in [0.05, 0.1) is 125 Å². The van der Waals surface area contributed by atoms with E-state index in [1.807, 2.05) is 0 Å². The van der Waals surface area contributed by atoms with E-state index in [-0.39, 0.29) is 75.2 Å². The molecule has 0 spiro atoms. The first kappa shape index (κ1) is 65.3. The quantitative estimate of drug-likeness (QED) is 0.0210. The van der Waals surface area contributed by atoms with Crippen LogP contribution in [0.25, 0.3) is 0 Å². The smallest absolute Gasteiger partial charge is 0.253 e. The van der Waals surface area contributed by atoms with Crippen molar-refractivity contribution in [2.75, 3.05) is 145 Å². The number of nitrogens with one attached hydrogen (secondary N) is 6. The first-order valence-electron chi connectivity index (χ1n) is 26.2. The SMILES string of the molecule is NC(=O)C1CCC(OCNC(=O)CNC(=O)[C@H](Cc2ccccc2)NC(=O)CNC(=O)CNC(=O)COCCOCCOCCOCCOCCOCCOCCOCCNC(=O)CCCCCN2C(=O)C=CC2=O)CC1. The van der Waals surface area contributed by atoms with E-state index in [0.717, 1.165) is 12.0 Å². The van der Waals surface area contributed by atoms with Crippen LogP contribution in [0.15, 0.2) is 42.5 Å². The van der Waals surface area contributed by atoms with Crippen molar-refractivity contribution in [1.82, 2.24) is 36.8 Å². The van der Waals surface area contributed by atoms with Gasteiger partial charge in [-0.3, -0.25) is 48.1 Å². The summed E-state index contributed by atoms with van der Waals surface area (Å²) in [4.78, 5) is 110. The molecule has 2 aliphatic rings. The Balaban J connectivity index is 1.04. The number of nitrogens with zero attached hydrogens (tertiary/aromatic N) is 1. The lowest BCUT2D eigenvalue weighted by molar-refractivity contribution is -0.137. The van der Waals surface area contributed by atoms with Gasteiger partial charge in [0.2, 0.25) is 41.4 Å². The highest BCUT2D eigenvalue weighted by atomic mass is 16.6. The number of carbonyl (C=O) groups excluding carboxylic acids is 9. The van der Waals surface area contributed by atoms with E-state index in [1.54, 1.807) is 30.3 Å². The molecule has 432 valence electrons. The van der Waals surface area contributed by atoms with E-state index in [2.05, 4.69) is 31.9 Å². The van der Waals surface area contributed by atoms with E-state index >= 15 is 0 Å². The zero-order valence-electron chi connectivity index (χ0n) is 44.1. The molecular weight excluding hydrogens is 1010 g/mol. The lowest BCUT2D eigenvalue weighted by Crippen LogP contribution is -2.52. The summed E-state index contributed by atoms with van der Waals surface area (Å²) < 4.78 is 49.2. The Hall–Kier alpha value is -5.97. The van der Waals surface area contributed by atoms with E-state index in [4.69, 9.17) is 48.4 Å². The Morgan fingerprint density at radius 3 is 1.58 bits per heavy atom. The fourth-order valence-electron chi connectivity index (χ4n) is 7.32. The Labute approximate surface area is 449 Å². The van der Waals surface area contributed by atoms with Gasteiger partial charge in [-0.15, -0.1) is 0 Å². The van der Waals surface area contributed by atoms with E-state index < -0.39 is 48.7 Å². The van der Waals surface area contributed by atoms with Crippen LogP contribution < -0.4 is 37.6 Å². The maximum atomic E-state index is 13.1. The molecule has 1 aliphatic carbocycles. The van der Waals surface area contributed by atoms with Crippen LogP contribution in [-0.4, -0.2) is 215 Å². The van der Waals surface area contributed by atoms with Crippen LogP contribution in [0.3, 0.4) is 0 Å². The summed E-state index contributed by atoms with van der Waals surface area (Å²) in [6.45, 7) is 4.48. The number of hydrogen-bond acceptors (Lipinski definition) is 18. The van der Waals surface area contributed by atoms with Gasteiger partial charge in [-0.05, 0) is 44.1 Å². The number of nitrogens with two attached hydrogens (primary N) is 1. The van der Waals surface area contributed by atoms with Crippen LogP contribution in [0.5, 0.6) is 0 Å². The van der Waals surface area contributed by atoms with Crippen molar-refractivity contribution in [2.24, 2.45) is 11.7 Å². The Morgan fingerprint density at radius 1 is 0.532 bits per heavy atom. The zero-order valence-corrected chi connectivity index (χ0v) is 44.1. The lowest BCUT2D eigenvalue weighted by Gasteiger charge is -2.26. The van der Waals surface area contributed by atoms with E-state index in [9.17, 15) is 43.2 Å². The molecule has 0 unspecified atom stereocenters. The molecule has 0 radical (unpaired) electrons. The predicted octanol–water partition coefficient (Wildman–Crippen LogP) is -2.07. The van der Waals surface area contributed by atoms with Crippen molar-refractivity contribution < 1.29 is 85.8 Å². The third-order valence-corrected chi connectivity index (χ3v) is 11.5. The number of carbonyl (C=O) groups is 9. The fraction of sp³-hybridized carbons (Fsp3) is 0.667. The van der Waals surface area contributed by atoms with Crippen LogP contribution in [0, 0.1) is 5.92 Å². The van der Waals surface area contributed by atoms with Crippen molar-refractivity contribution in [3.8, 4) is 0 Å². The van der Waals surface area contributed by atoms with Crippen LogP contribution in [0.4, 0.5) is 0 Å². The second-order valence-electron chi connectivity index (χ2n) is 17.5. The van der Waals surface area contributed by atoms with Gasteiger partial charge in [-0.25, -0.2) is 0 Å². The molecule has 1 atom stereocenters. The summed E-state index contributed by atoms with van der Waals surface area (Å²) in [6, 6.07) is 7.86. The highest BCUT2D eigenvalue weighted by molar-refractivity contribution is 6.12. The second-order valence-corrected chi connectivity index (χ2v) is 17.5. The molecule has 1 aromatic rings. The molecule has 1 fully saturated rings. The summed E-state index contributed by atoms with van der Waals surface area (Å²) in [6.07, 6.45) is 7.53. The maximum Gasteiger partial charge on any atom is 0.253 e. The van der Waals surface area contributed by atoms with Crippen LogP contribution in [0.2, 0.25) is 0 Å². The first-order valence-corrected chi connectivity index (χ1v) is 26.2. The molecule has 8 N–H and O–H groups in total. The van der Waals surface area contributed by atoms with Crippen molar-refractivity contribution >= 4 is 53.2 Å². The molecule has 1 aromatic carbocycles. The predicted molar refractivity (Wildman–Crippen MR) is 274 cm³/mol. The topological polar surface area (TPSA) is 338 Å². The Bertz CT molecular complexity index is 1920. The van der Waals surface area contributed by atoms with Gasteiger partial charge in [0.25, 0.3) is 11.8 Å². The number of hydrogen-bond donors (Lipinski definition) is 7. The summed E-state index contributed by atoms with van der Waals surface area (Å²) >= 11 is 0. The van der Waals surface area contributed by atoms with Gasteiger partial charge in [0.1, 0.15) is 19.4 Å². The van der Waals surface area contributed by atoms with Gasteiger partial charge < -0.3 is 80.3 Å². The van der Waals surface area contributed by atoms with Crippen molar-refractivity contribution in [3.05, 3.63) is 48.0 Å². The minimum absolute atomic E-state index is 0.0667. The molecule has 0 saturated heterocycles. The molecule has 0 bridgehead atoms. The summed E-state index contributed by atoms with van der Waals surface area (Å²) in [5.41, 5.74) is 6.12. The maximum absolute atomic E-state index is 13.1.